The summed E-state index contributed by atoms with van der Waals surface area (Å²) >= 11 is 0. The highest BCUT2D eigenvalue weighted by molar-refractivity contribution is 7.89. The fraction of sp³-hybridized carbons (Fsp3) is 0.462. The number of carbonyl (C=O) groups excluding carboxylic acids is 1. The van der Waals surface area contributed by atoms with E-state index >= 15 is 0 Å². The van der Waals surface area contributed by atoms with Crippen LogP contribution in [0.15, 0.2) is 18.2 Å². The number of nitrogens with zero attached hydrogens (tertiary/aromatic N) is 1. The number of nitrogens with two attached hydrogens (primary N) is 1. The summed E-state index contributed by atoms with van der Waals surface area (Å²) in [4.78, 5) is 11.5. The highest BCUT2D eigenvalue weighted by Gasteiger charge is 2.13. The highest BCUT2D eigenvalue weighted by Crippen LogP contribution is 2.20. The lowest BCUT2D eigenvalue weighted by molar-refractivity contribution is 0.0526. The van der Waals surface area contributed by atoms with Gasteiger partial charge < -0.3 is 15.8 Å². The van der Waals surface area contributed by atoms with E-state index in [1.165, 1.54) is 24.5 Å². The highest BCUT2D eigenvalue weighted by atomic mass is 32.2. The van der Waals surface area contributed by atoms with E-state index < -0.39 is 16.0 Å². The van der Waals surface area contributed by atoms with Gasteiger partial charge in [-0.05, 0) is 25.1 Å². The number of hydrogen-bond acceptors (Lipinski definition) is 6. The molecule has 0 saturated heterocycles. The van der Waals surface area contributed by atoms with E-state index in [1.807, 2.05) is 0 Å². The van der Waals surface area contributed by atoms with Crippen molar-refractivity contribution < 1.29 is 17.9 Å². The van der Waals surface area contributed by atoms with E-state index in [9.17, 15) is 13.2 Å². The summed E-state index contributed by atoms with van der Waals surface area (Å²) in [6.07, 6.45) is 0. The summed E-state index contributed by atoms with van der Waals surface area (Å²) in [5.74, 6) is -0.482. The monoisotopic (exact) mass is 315 g/mol. The Morgan fingerprint density at radius 3 is 2.57 bits per heavy atom. The van der Waals surface area contributed by atoms with Crippen molar-refractivity contribution in [2.75, 3.05) is 44.1 Å². The molecule has 0 fully saturated rings. The Labute approximate surface area is 125 Å². The molecular weight excluding hydrogens is 294 g/mol. The maximum atomic E-state index is 11.6. The Hall–Kier alpha value is -1.80. The van der Waals surface area contributed by atoms with Crippen LogP contribution < -0.4 is 11.1 Å². The number of nitrogen functional groups attached to an aromatic ring is 1. The molecule has 0 atom stereocenters. The largest absolute Gasteiger partial charge is 0.462 e. The minimum Gasteiger partial charge on any atom is -0.462 e. The van der Waals surface area contributed by atoms with Crippen molar-refractivity contribution >= 4 is 27.4 Å². The first kappa shape index (κ1) is 17.3. The minimum absolute atomic E-state index is 0.0426. The van der Waals surface area contributed by atoms with Crippen LogP contribution in [0, 0.1) is 0 Å². The summed E-state index contributed by atoms with van der Waals surface area (Å²) in [6.45, 7) is 2.24. The topological polar surface area (TPSA) is 102 Å². The first-order chi connectivity index (χ1) is 9.77. The van der Waals surface area contributed by atoms with Crippen molar-refractivity contribution in [3.63, 3.8) is 0 Å². The molecule has 0 saturated carbocycles. The van der Waals surface area contributed by atoms with Gasteiger partial charge in [-0.25, -0.2) is 17.5 Å². The molecule has 0 aliphatic rings. The fourth-order valence-corrected chi connectivity index (χ4v) is 2.29. The molecule has 118 valence electrons. The summed E-state index contributed by atoms with van der Waals surface area (Å²) in [5.41, 5.74) is 7.14. The number of rotatable bonds is 7. The van der Waals surface area contributed by atoms with Gasteiger partial charge in [-0.3, -0.25) is 0 Å². The molecule has 0 aliphatic heterocycles. The van der Waals surface area contributed by atoms with Crippen LogP contribution in [-0.4, -0.2) is 51.7 Å². The zero-order chi connectivity index (χ0) is 16.0. The lowest BCUT2D eigenvalue weighted by Crippen LogP contribution is -2.28. The zero-order valence-corrected chi connectivity index (χ0v) is 13.2. The van der Waals surface area contributed by atoms with Gasteiger partial charge in [0.05, 0.1) is 29.3 Å². The predicted octanol–water partition coefficient (Wildman–Crippen LogP) is 0.749. The molecule has 21 heavy (non-hydrogen) atoms. The Balaban J connectivity index is 2.68. The molecule has 0 aromatic heterocycles. The Bertz CT molecular complexity index is 599. The molecule has 1 rings (SSSR count). The zero-order valence-electron chi connectivity index (χ0n) is 12.4. The van der Waals surface area contributed by atoms with Crippen LogP contribution in [0.4, 0.5) is 11.4 Å². The van der Waals surface area contributed by atoms with E-state index in [-0.39, 0.29) is 12.3 Å². The van der Waals surface area contributed by atoms with Gasteiger partial charge in [-0.1, -0.05) is 0 Å². The standard InChI is InChI=1S/C13H21N3O4S/c1-4-20-13(17)10-5-6-12(11(14)9-10)15-7-8-21(18,19)16(2)3/h5-6,9,15H,4,7-8,14H2,1-3H3. The molecule has 0 spiro atoms. The molecule has 0 aliphatic carbocycles. The maximum Gasteiger partial charge on any atom is 0.338 e. The van der Waals surface area contributed by atoms with Crippen molar-refractivity contribution in [1.29, 1.82) is 0 Å². The first-order valence-corrected chi connectivity index (χ1v) is 8.09. The van der Waals surface area contributed by atoms with Gasteiger partial charge >= 0.3 is 5.97 Å². The number of nitrogens with one attached hydrogen (secondary N) is 1. The molecule has 3 N–H and O–H groups in total. The Morgan fingerprint density at radius 1 is 1.38 bits per heavy atom. The van der Waals surface area contributed by atoms with Crippen molar-refractivity contribution in [2.45, 2.75) is 6.92 Å². The lowest BCUT2D eigenvalue weighted by Gasteiger charge is -2.13. The van der Waals surface area contributed by atoms with E-state index in [0.717, 1.165) is 0 Å². The summed E-state index contributed by atoms with van der Waals surface area (Å²) in [6, 6.07) is 4.71. The van der Waals surface area contributed by atoms with E-state index in [1.54, 1.807) is 19.1 Å². The normalized spacial score (nSPS) is 11.4. The van der Waals surface area contributed by atoms with Gasteiger partial charge in [0.15, 0.2) is 0 Å². The molecule has 7 nitrogen and oxygen atoms in total. The van der Waals surface area contributed by atoms with Crippen LogP contribution in [0.1, 0.15) is 17.3 Å². The van der Waals surface area contributed by atoms with Gasteiger partial charge in [-0.2, -0.15) is 0 Å². The Morgan fingerprint density at radius 2 is 2.05 bits per heavy atom. The SMILES string of the molecule is CCOC(=O)c1ccc(NCCS(=O)(=O)N(C)C)c(N)c1. The molecule has 0 heterocycles. The number of hydrogen-bond donors (Lipinski definition) is 2. The van der Waals surface area contributed by atoms with Crippen molar-refractivity contribution in [3.8, 4) is 0 Å². The van der Waals surface area contributed by atoms with Gasteiger partial charge in [0.25, 0.3) is 0 Å². The maximum absolute atomic E-state index is 11.6. The van der Waals surface area contributed by atoms with Crippen molar-refractivity contribution in [3.05, 3.63) is 23.8 Å². The number of anilines is 2. The summed E-state index contributed by atoms with van der Waals surface area (Å²) in [5, 5.41) is 2.94. The van der Waals surface area contributed by atoms with E-state index in [2.05, 4.69) is 5.32 Å². The number of carbonyl (C=O) groups is 1. The van der Waals surface area contributed by atoms with Gasteiger partial charge in [-0.15, -0.1) is 0 Å². The molecule has 0 unspecified atom stereocenters. The number of benzene rings is 1. The summed E-state index contributed by atoms with van der Waals surface area (Å²) in [7, 11) is -0.286. The van der Waals surface area contributed by atoms with Crippen LogP contribution in [0.25, 0.3) is 0 Å². The second kappa shape index (κ2) is 7.28. The number of sulfonamides is 1. The smallest absolute Gasteiger partial charge is 0.338 e. The van der Waals surface area contributed by atoms with Crippen LogP contribution in [0.3, 0.4) is 0 Å². The lowest BCUT2D eigenvalue weighted by atomic mass is 10.1. The average molecular weight is 315 g/mol. The van der Waals surface area contributed by atoms with Crippen LogP contribution >= 0.6 is 0 Å². The number of esters is 1. The number of ether oxygens (including phenoxy) is 1. The second-order valence-corrected chi connectivity index (χ2v) is 6.85. The molecule has 0 amide bonds. The predicted molar refractivity (Wildman–Crippen MR) is 82.8 cm³/mol. The Kier molecular flexibility index (Phi) is 5.98. The van der Waals surface area contributed by atoms with Gasteiger partial charge in [0, 0.05) is 20.6 Å². The van der Waals surface area contributed by atoms with Gasteiger partial charge in [0.1, 0.15) is 0 Å². The van der Waals surface area contributed by atoms with E-state index in [4.69, 9.17) is 10.5 Å². The van der Waals surface area contributed by atoms with E-state index in [0.29, 0.717) is 23.5 Å². The third-order valence-corrected chi connectivity index (χ3v) is 4.63. The first-order valence-electron chi connectivity index (χ1n) is 6.48. The summed E-state index contributed by atoms with van der Waals surface area (Å²) < 4.78 is 29.3. The third kappa shape index (κ3) is 4.91. The molecule has 0 bridgehead atoms. The quantitative estimate of drug-likeness (QED) is 0.568. The second-order valence-electron chi connectivity index (χ2n) is 4.55. The van der Waals surface area contributed by atoms with Crippen molar-refractivity contribution in [1.82, 2.24) is 4.31 Å². The molecule has 8 heteroatoms. The molecule has 0 radical (unpaired) electrons. The van der Waals surface area contributed by atoms with Crippen LogP contribution in [0.2, 0.25) is 0 Å². The minimum atomic E-state index is -3.25. The molecule has 1 aromatic rings. The molecule has 1 aromatic carbocycles. The fourth-order valence-electron chi connectivity index (χ4n) is 1.56. The third-order valence-electron chi connectivity index (χ3n) is 2.79. The average Bonchev–Trinajstić information content (AvgIpc) is 2.40. The van der Waals surface area contributed by atoms with Gasteiger partial charge in [0.2, 0.25) is 10.0 Å². The molecular formula is C13H21N3O4S. The van der Waals surface area contributed by atoms with Crippen molar-refractivity contribution in [2.24, 2.45) is 0 Å². The van der Waals surface area contributed by atoms with Crippen LogP contribution in [0.5, 0.6) is 0 Å². The van der Waals surface area contributed by atoms with Crippen LogP contribution in [-0.2, 0) is 14.8 Å².